The molecule has 0 atom stereocenters. The van der Waals surface area contributed by atoms with Gasteiger partial charge in [-0.25, -0.2) is 0 Å². The fourth-order valence-corrected chi connectivity index (χ4v) is 2.50. The van der Waals surface area contributed by atoms with Crippen molar-refractivity contribution in [3.05, 3.63) is 48.0 Å². The van der Waals surface area contributed by atoms with Crippen molar-refractivity contribution in [1.29, 1.82) is 0 Å². The standard InChI is InChI=1S/C18H23NO/c1-2-8-18-16(5-1)6-3-7-17(18)13-19-11-4-12-20-14-15-9-10-15/h1-3,5-8,15,19H,4,9-14H2. The first-order valence-corrected chi connectivity index (χ1v) is 7.68. The minimum absolute atomic E-state index is 0.874. The van der Waals surface area contributed by atoms with E-state index in [0.717, 1.165) is 38.6 Å². The van der Waals surface area contributed by atoms with E-state index < -0.39 is 0 Å². The Bertz CT molecular complexity index is 543. The van der Waals surface area contributed by atoms with Crippen molar-refractivity contribution in [3.8, 4) is 0 Å². The lowest BCUT2D eigenvalue weighted by Crippen LogP contribution is -2.16. The van der Waals surface area contributed by atoms with Gasteiger partial charge in [0.25, 0.3) is 0 Å². The van der Waals surface area contributed by atoms with Crippen LogP contribution in [0.1, 0.15) is 24.8 Å². The molecule has 3 rings (SSSR count). The van der Waals surface area contributed by atoms with Crippen molar-refractivity contribution in [3.63, 3.8) is 0 Å². The van der Waals surface area contributed by atoms with Crippen molar-refractivity contribution in [1.82, 2.24) is 5.32 Å². The first-order chi connectivity index (χ1) is 9.93. The first kappa shape index (κ1) is 13.6. The molecule has 0 heterocycles. The summed E-state index contributed by atoms with van der Waals surface area (Å²) in [6.07, 6.45) is 3.84. The van der Waals surface area contributed by atoms with E-state index in [1.807, 2.05) is 0 Å². The van der Waals surface area contributed by atoms with E-state index in [0.29, 0.717) is 0 Å². The molecule has 0 bridgehead atoms. The maximum atomic E-state index is 5.64. The van der Waals surface area contributed by atoms with Crippen molar-refractivity contribution < 1.29 is 4.74 Å². The summed E-state index contributed by atoms with van der Waals surface area (Å²) in [6.45, 7) is 3.82. The van der Waals surface area contributed by atoms with Crippen molar-refractivity contribution in [2.75, 3.05) is 19.8 Å². The average Bonchev–Trinajstić information content (AvgIpc) is 3.30. The molecule has 20 heavy (non-hydrogen) atoms. The molecule has 1 aliphatic rings. The summed E-state index contributed by atoms with van der Waals surface area (Å²) in [5.74, 6) is 0.874. The van der Waals surface area contributed by atoms with E-state index in [9.17, 15) is 0 Å². The molecule has 1 fully saturated rings. The van der Waals surface area contributed by atoms with E-state index in [1.165, 1.54) is 29.2 Å². The van der Waals surface area contributed by atoms with Gasteiger partial charge in [0.05, 0.1) is 0 Å². The zero-order valence-corrected chi connectivity index (χ0v) is 12.0. The van der Waals surface area contributed by atoms with Gasteiger partial charge in [0, 0.05) is 19.8 Å². The van der Waals surface area contributed by atoms with Crippen LogP contribution in [0.4, 0.5) is 0 Å². The molecule has 0 aromatic heterocycles. The monoisotopic (exact) mass is 269 g/mol. The quantitative estimate of drug-likeness (QED) is 0.737. The predicted molar refractivity (Wildman–Crippen MR) is 83.8 cm³/mol. The van der Waals surface area contributed by atoms with Crippen LogP contribution in [-0.4, -0.2) is 19.8 Å². The Kier molecular flexibility index (Phi) is 4.67. The summed E-state index contributed by atoms with van der Waals surface area (Å²) in [6, 6.07) is 15.1. The Morgan fingerprint density at radius 2 is 1.90 bits per heavy atom. The van der Waals surface area contributed by atoms with E-state index in [4.69, 9.17) is 4.74 Å². The van der Waals surface area contributed by atoms with Crippen molar-refractivity contribution >= 4 is 10.8 Å². The molecule has 2 aromatic rings. The highest BCUT2D eigenvalue weighted by Crippen LogP contribution is 2.28. The molecule has 0 aliphatic heterocycles. The van der Waals surface area contributed by atoms with Gasteiger partial charge in [-0.15, -0.1) is 0 Å². The van der Waals surface area contributed by atoms with Gasteiger partial charge in [-0.05, 0) is 48.1 Å². The summed E-state index contributed by atoms with van der Waals surface area (Å²) in [5, 5.41) is 6.19. The highest BCUT2D eigenvalue weighted by Gasteiger charge is 2.20. The minimum Gasteiger partial charge on any atom is -0.381 e. The zero-order valence-electron chi connectivity index (χ0n) is 12.0. The first-order valence-electron chi connectivity index (χ1n) is 7.68. The maximum Gasteiger partial charge on any atom is 0.0494 e. The number of hydrogen-bond donors (Lipinski definition) is 1. The number of rotatable bonds is 8. The third-order valence-electron chi connectivity index (χ3n) is 3.89. The van der Waals surface area contributed by atoms with E-state index in [1.54, 1.807) is 0 Å². The third kappa shape index (κ3) is 3.81. The van der Waals surface area contributed by atoms with Crippen LogP contribution in [0.3, 0.4) is 0 Å². The molecule has 1 saturated carbocycles. The van der Waals surface area contributed by atoms with Crippen LogP contribution in [0.2, 0.25) is 0 Å². The molecular formula is C18H23NO. The van der Waals surface area contributed by atoms with Crippen LogP contribution in [0.25, 0.3) is 10.8 Å². The second-order valence-electron chi connectivity index (χ2n) is 5.69. The van der Waals surface area contributed by atoms with Crippen molar-refractivity contribution in [2.24, 2.45) is 5.92 Å². The van der Waals surface area contributed by atoms with Crippen molar-refractivity contribution in [2.45, 2.75) is 25.8 Å². The third-order valence-corrected chi connectivity index (χ3v) is 3.89. The summed E-state index contributed by atoms with van der Waals surface area (Å²) < 4.78 is 5.64. The average molecular weight is 269 g/mol. The molecular weight excluding hydrogens is 246 g/mol. The molecule has 1 aliphatic carbocycles. The highest BCUT2D eigenvalue weighted by molar-refractivity contribution is 5.85. The van der Waals surface area contributed by atoms with Crippen LogP contribution in [-0.2, 0) is 11.3 Å². The largest absolute Gasteiger partial charge is 0.381 e. The second-order valence-corrected chi connectivity index (χ2v) is 5.69. The number of hydrogen-bond acceptors (Lipinski definition) is 2. The topological polar surface area (TPSA) is 21.3 Å². The SMILES string of the molecule is c1ccc2c(CNCCCOCC3CC3)cccc2c1. The molecule has 0 radical (unpaired) electrons. The van der Waals surface area contributed by atoms with Crippen LogP contribution in [0.5, 0.6) is 0 Å². The van der Waals surface area contributed by atoms with Gasteiger partial charge in [-0.3, -0.25) is 0 Å². The van der Waals surface area contributed by atoms with Gasteiger partial charge in [0.1, 0.15) is 0 Å². The number of fused-ring (bicyclic) bond motifs is 1. The normalized spacial score (nSPS) is 14.8. The van der Waals surface area contributed by atoms with Crippen LogP contribution < -0.4 is 5.32 Å². The van der Waals surface area contributed by atoms with Gasteiger partial charge < -0.3 is 10.1 Å². The zero-order chi connectivity index (χ0) is 13.6. The summed E-state index contributed by atoms with van der Waals surface area (Å²) >= 11 is 0. The lowest BCUT2D eigenvalue weighted by Gasteiger charge is -2.08. The Labute approximate surface area is 121 Å². The van der Waals surface area contributed by atoms with Crippen LogP contribution >= 0.6 is 0 Å². The molecule has 2 nitrogen and oxygen atoms in total. The molecule has 2 aromatic carbocycles. The Morgan fingerprint density at radius 1 is 1.05 bits per heavy atom. The second kappa shape index (κ2) is 6.87. The number of nitrogens with one attached hydrogen (secondary N) is 1. The lowest BCUT2D eigenvalue weighted by molar-refractivity contribution is 0.122. The fraction of sp³-hybridized carbons (Fsp3) is 0.444. The van der Waals surface area contributed by atoms with Gasteiger partial charge in [-0.2, -0.15) is 0 Å². The maximum absolute atomic E-state index is 5.64. The summed E-state index contributed by atoms with van der Waals surface area (Å²) in [7, 11) is 0. The highest BCUT2D eigenvalue weighted by atomic mass is 16.5. The van der Waals surface area contributed by atoms with Gasteiger partial charge >= 0.3 is 0 Å². The van der Waals surface area contributed by atoms with E-state index in [-0.39, 0.29) is 0 Å². The fourth-order valence-electron chi connectivity index (χ4n) is 2.50. The Balaban J connectivity index is 1.40. The molecule has 0 amide bonds. The molecule has 0 spiro atoms. The van der Waals surface area contributed by atoms with Gasteiger partial charge in [0.15, 0.2) is 0 Å². The Morgan fingerprint density at radius 3 is 2.80 bits per heavy atom. The Hall–Kier alpha value is -1.38. The molecule has 2 heteroatoms. The molecule has 106 valence electrons. The predicted octanol–water partition coefficient (Wildman–Crippen LogP) is 3.75. The van der Waals surface area contributed by atoms with Gasteiger partial charge in [0.2, 0.25) is 0 Å². The number of ether oxygens (including phenoxy) is 1. The molecule has 0 saturated heterocycles. The van der Waals surface area contributed by atoms with E-state index in [2.05, 4.69) is 47.8 Å². The smallest absolute Gasteiger partial charge is 0.0494 e. The van der Waals surface area contributed by atoms with Crippen LogP contribution in [0, 0.1) is 5.92 Å². The summed E-state index contributed by atoms with van der Waals surface area (Å²) in [4.78, 5) is 0. The summed E-state index contributed by atoms with van der Waals surface area (Å²) in [5.41, 5.74) is 1.38. The molecule has 1 N–H and O–H groups in total. The van der Waals surface area contributed by atoms with Crippen LogP contribution in [0.15, 0.2) is 42.5 Å². The van der Waals surface area contributed by atoms with E-state index >= 15 is 0 Å². The number of benzene rings is 2. The minimum atomic E-state index is 0.874. The molecule has 0 unspecified atom stereocenters. The lowest BCUT2D eigenvalue weighted by atomic mass is 10.0. The van der Waals surface area contributed by atoms with Gasteiger partial charge in [-0.1, -0.05) is 42.5 Å².